The summed E-state index contributed by atoms with van der Waals surface area (Å²) in [7, 11) is -0.643. The van der Waals surface area contributed by atoms with Gasteiger partial charge in [-0.3, -0.25) is 4.79 Å². The van der Waals surface area contributed by atoms with E-state index in [-0.39, 0.29) is 4.90 Å². The van der Waals surface area contributed by atoms with Crippen molar-refractivity contribution in [2.75, 3.05) is 51.1 Å². The van der Waals surface area contributed by atoms with E-state index >= 15 is 0 Å². The van der Waals surface area contributed by atoms with Crippen LogP contribution in [0.5, 0.6) is 11.5 Å². The Morgan fingerprint density at radius 2 is 1.66 bits per heavy atom. The lowest BCUT2D eigenvalue weighted by Crippen LogP contribution is -2.50. The number of hydrogen-bond donors (Lipinski definition) is 0. The van der Waals surface area contributed by atoms with Gasteiger partial charge < -0.3 is 19.3 Å². The lowest BCUT2D eigenvalue weighted by molar-refractivity contribution is -0.128. The number of anilines is 1. The molecule has 1 aliphatic heterocycles. The normalized spacial score (nSPS) is 14.6. The van der Waals surface area contributed by atoms with Crippen molar-refractivity contribution < 1.29 is 27.1 Å². The lowest BCUT2D eigenvalue weighted by atomic mass is 10.3. The quantitative estimate of drug-likeness (QED) is 0.502. The van der Waals surface area contributed by atoms with Crippen molar-refractivity contribution in [3.8, 4) is 11.5 Å². The number of carbonyl (C=O) groups is 1. The number of methoxy groups -OCH3 is 2. The predicted molar refractivity (Wildman–Crippen MR) is 120 cm³/mol. The maximum absolute atomic E-state index is 13.1. The van der Waals surface area contributed by atoms with Crippen LogP contribution in [-0.2, 0) is 14.6 Å². The van der Waals surface area contributed by atoms with Gasteiger partial charge in [0.2, 0.25) is 5.91 Å². The van der Waals surface area contributed by atoms with Crippen LogP contribution in [-0.4, -0.2) is 70.4 Å². The van der Waals surface area contributed by atoms with Crippen molar-refractivity contribution in [1.29, 1.82) is 0 Å². The summed E-state index contributed by atoms with van der Waals surface area (Å²) in [4.78, 5) is 20.8. The second-order valence-corrected chi connectivity index (χ2v) is 10.2. The summed E-state index contributed by atoms with van der Waals surface area (Å²) in [6, 6.07) is 8.12. The number of halogens is 1. The SMILES string of the molecule is COc1ccc(OC)c2sc(N3CCN(C(=O)CS(=O)(=O)c4ccc(F)cc4)CC3)nc12. The molecule has 0 atom stereocenters. The maximum atomic E-state index is 13.1. The highest BCUT2D eigenvalue weighted by Crippen LogP contribution is 2.40. The van der Waals surface area contributed by atoms with Crippen LogP contribution >= 0.6 is 11.3 Å². The number of amides is 1. The first-order valence-electron chi connectivity index (χ1n) is 9.85. The summed E-state index contributed by atoms with van der Waals surface area (Å²) >= 11 is 1.48. The average Bonchev–Trinajstić information content (AvgIpc) is 3.24. The van der Waals surface area contributed by atoms with Crippen LogP contribution in [0, 0.1) is 5.82 Å². The highest BCUT2D eigenvalue weighted by atomic mass is 32.2. The third-order valence-electron chi connectivity index (χ3n) is 5.29. The molecule has 1 fully saturated rings. The van der Waals surface area contributed by atoms with Crippen LogP contribution in [0.15, 0.2) is 41.3 Å². The number of rotatable bonds is 6. The summed E-state index contributed by atoms with van der Waals surface area (Å²) in [5, 5.41) is 0.786. The van der Waals surface area contributed by atoms with E-state index in [1.807, 2.05) is 12.1 Å². The molecule has 2 heterocycles. The fraction of sp³-hybridized carbons (Fsp3) is 0.333. The van der Waals surface area contributed by atoms with Crippen LogP contribution in [0.4, 0.5) is 9.52 Å². The molecule has 0 aliphatic carbocycles. The fourth-order valence-corrected chi connectivity index (χ4v) is 5.89. The van der Waals surface area contributed by atoms with E-state index < -0.39 is 27.3 Å². The number of nitrogens with zero attached hydrogens (tertiary/aromatic N) is 3. The lowest BCUT2D eigenvalue weighted by Gasteiger charge is -2.34. The van der Waals surface area contributed by atoms with Gasteiger partial charge in [0.15, 0.2) is 15.0 Å². The molecule has 2 aromatic carbocycles. The molecular weight excluding hydrogens is 457 g/mol. The van der Waals surface area contributed by atoms with Crippen LogP contribution in [0.1, 0.15) is 0 Å². The number of thiazole rings is 1. The standard InChI is InChI=1S/C21H22FN3O5S2/c1-29-16-7-8-17(30-2)20-19(16)23-21(31-20)25-11-9-24(10-12-25)18(26)13-32(27,28)15-5-3-14(22)4-6-15/h3-8H,9-13H2,1-2H3. The summed E-state index contributed by atoms with van der Waals surface area (Å²) < 4.78 is 49.8. The summed E-state index contributed by atoms with van der Waals surface area (Å²) in [5.74, 6) is -0.278. The fourth-order valence-electron chi connectivity index (χ4n) is 3.54. The molecule has 11 heteroatoms. The number of ether oxygens (including phenoxy) is 2. The molecule has 0 bridgehead atoms. The number of carbonyl (C=O) groups excluding carboxylic acids is 1. The minimum absolute atomic E-state index is 0.0664. The Kier molecular flexibility index (Phi) is 6.20. The van der Waals surface area contributed by atoms with Crippen LogP contribution in [0.3, 0.4) is 0 Å². The van der Waals surface area contributed by atoms with Crippen molar-refractivity contribution in [2.45, 2.75) is 4.90 Å². The van der Waals surface area contributed by atoms with Crippen molar-refractivity contribution in [2.24, 2.45) is 0 Å². The van der Waals surface area contributed by atoms with Gasteiger partial charge in [0.05, 0.1) is 19.1 Å². The van der Waals surface area contributed by atoms with Crippen molar-refractivity contribution in [3.05, 3.63) is 42.2 Å². The number of sulfone groups is 1. The molecule has 32 heavy (non-hydrogen) atoms. The van der Waals surface area contributed by atoms with E-state index in [0.29, 0.717) is 37.7 Å². The molecule has 8 nitrogen and oxygen atoms in total. The van der Waals surface area contributed by atoms with E-state index in [1.54, 1.807) is 14.2 Å². The number of fused-ring (bicyclic) bond motifs is 1. The van der Waals surface area contributed by atoms with Crippen molar-refractivity contribution in [1.82, 2.24) is 9.88 Å². The largest absolute Gasteiger partial charge is 0.495 e. The Balaban J connectivity index is 1.44. The Labute approximate surface area is 189 Å². The molecule has 1 amide bonds. The first-order chi connectivity index (χ1) is 15.3. The van der Waals surface area contributed by atoms with E-state index in [9.17, 15) is 17.6 Å². The molecule has 0 spiro atoms. The summed E-state index contributed by atoms with van der Waals surface area (Å²) in [6.45, 7) is 1.80. The second-order valence-electron chi connectivity index (χ2n) is 7.23. The Bertz CT molecular complexity index is 1200. The van der Waals surface area contributed by atoms with Gasteiger partial charge in [-0.25, -0.2) is 17.8 Å². The van der Waals surface area contributed by atoms with Gasteiger partial charge in [0.25, 0.3) is 0 Å². The van der Waals surface area contributed by atoms with E-state index in [2.05, 4.69) is 4.90 Å². The average molecular weight is 480 g/mol. The second kappa shape index (κ2) is 8.91. The number of aromatic nitrogens is 1. The highest BCUT2D eigenvalue weighted by Gasteiger charge is 2.28. The topological polar surface area (TPSA) is 89.0 Å². The monoisotopic (exact) mass is 479 g/mol. The van der Waals surface area contributed by atoms with Crippen LogP contribution < -0.4 is 14.4 Å². The molecular formula is C21H22FN3O5S2. The van der Waals surface area contributed by atoms with E-state index in [1.165, 1.54) is 28.4 Å². The number of piperazine rings is 1. The van der Waals surface area contributed by atoms with Gasteiger partial charge in [-0.15, -0.1) is 0 Å². The van der Waals surface area contributed by atoms with E-state index in [0.717, 1.165) is 27.5 Å². The molecule has 3 aromatic rings. The zero-order valence-electron chi connectivity index (χ0n) is 17.6. The zero-order chi connectivity index (χ0) is 22.9. The molecule has 1 saturated heterocycles. The minimum Gasteiger partial charge on any atom is -0.495 e. The van der Waals surface area contributed by atoms with Crippen molar-refractivity contribution >= 4 is 42.4 Å². The van der Waals surface area contributed by atoms with E-state index in [4.69, 9.17) is 14.5 Å². The third kappa shape index (κ3) is 4.35. The third-order valence-corrected chi connectivity index (χ3v) is 8.04. The van der Waals surface area contributed by atoms with Crippen LogP contribution in [0.25, 0.3) is 10.2 Å². The predicted octanol–water partition coefficient (Wildman–Crippen LogP) is 2.58. The molecule has 4 rings (SSSR count). The number of hydrogen-bond acceptors (Lipinski definition) is 8. The van der Waals surface area contributed by atoms with Gasteiger partial charge >= 0.3 is 0 Å². The molecule has 1 aromatic heterocycles. The molecule has 0 radical (unpaired) electrons. The Hall–Kier alpha value is -2.92. The molecule has 0 saturated carbocycles. The molecule has 1 aliphatic rings. The van der Waals surface area contributed by atoms with Crippen molar-refractivity contribution in [3.63, 3.8) is 0 Å². The summed E-state index contributed by atoms with van der Waals surface area (Å²) in [5.41, 5.74) is 0.718. The van der Waals surface area contributed by atoms with Gasteiger partial charge in [-0.2, -0.15) is 0 Å². The highest BCUT2D eigenvalue weighted by molar-refractivity contribution is 7.92. The molecule has 0 unspecified atom stereocenters. The first kappa shape index (κ1) is 22.3. The Morgan fingerprint density at radius 3 is 2.28 bits per heavy atom. The maximum Gasteiger partial charge on any atom is 0.238 e. The molecule has 0 N–H and O–H groups in total. The van der Waals surface area contributed by atoms with Gasteiger partial charge in [-0.1, -0.05) is 11.3 Å². The zero-order valence-corrected chi connectivity index (χ0v) is 19.2. The molecule has 170 valence electrons. The minimum atomic E-state index is -3.83. The number of benzene rings is 2. The van der Waals surface area contributed by atoms with Gasteiger partial charge in [0.1, 0.15) is 33.3 Å². The van der Waals surface area contributed by atoms with Gasteiger partial charge in [0, 0.05) is 26.2 Å². The van der Waals surface area contributed by atoms with Crippen LogP contribution in [0.2, 0.25) is 0 Å². The summed E-state index contributed by atoms with van der Waals surface area (Å²) in [6.07, 6.45) is 0. The Morgan fingerprint density at radius 1 is 1.03 bits per heavy atom. The smallest absolute Gasteiger partial charge is 0.238 e. The first-order valence-corrected chi connectivity index (χ1v) is 12.3. The van der Waals surface area contributed by atoms with Gasteiger partial charge in [-0.05, 0) is 36.4 Å².